The topological polar surface area (TPSA) is 112 Å². The summed E-state index contributed by atoms with van der Waals surface area (Å²) in [7, 11) is 1.33. The molecule has 0 spiro atoms. The van der Waals surface area contributed by atoms with Crippen LogP contribution in [0.15, 0.2) is 44.9 Å². The number of ether oxygens (including phenoxy) is 1. The Hall–Kier alpha value is -3.24. The lowest BCUT2D eigenvalue weighted by molar-refractivity contribution is -0.140. The molecule has 9 nitrogen and oxygen atoms in total. The van der Waals surface area contributed by atoms with Gasteiger partial charge in [0.1, 0.15) is 23.6 Å². The van der Waals surface area contributed by atoms with Crippen LogP contribution in [0.25, 0.3) is 0 Å². The number of alkyl halides is 6. The number of hydrogen-bond donors (Lipinski definition) is 2. The van der Waals surface area contributed by atoms with E-state index < -0.39 is 46.9 Å². The second-order valence-electron chi connectivity index (χ2n) is 10.7. The highest BCUT2D eigenvalue weighted by Crippen LogP contribution is 2.44. The van der Waals surface area contributed by atoms with E-state index in [2.05, 4.69) is 0 Å². The van der Waals surface area contributed by atoms with Crippen LogP contribution in [0.5, 0.6) is 5.75 Å². The van der Waals surface area contributed by atoms with Crippen molar-refractivity contribution in [2.24, 2.45) is 5.73 Å². The Balaban J connectivity index is 1.50. The zero-order chi connectivity index (χ0) is 34.4. The van der Waals surface area contributed by atoms with E-state index in [1.807, 2.05) is 4.98 Å². The third-order valence-electron chi connectivity index (χ3n) is 7.56. The fourth-order valence-corrected chi connectivity index (χ4v) is 7.21. The highest BCUT2D eigenvalue weighted by atomic mass is 35.5. The Bertz CT molecular complexity index is 1800. The van der Waals surface area contributed by atoms with Crippen molar-refractivity contribution in [2.45, 2.75) is 47.4 Å². The van der Waals surface area contributed by atoms with Gasteiger partial charge in [0.25, 0.3) is 11.5 Å². The summed E-state index contributed by atoms with van der Waals surface area (Å²) in [6, 6.07) is 6.19. The zero-order valence-electron chi connectivity index (χ0n) is 24.3. The molecule has 3 amide bonds. The third kappa shape index (κ3) is 7.28. The van der Waals surface area contributed by atoms with Gasteiger partial charge in [-0.2, -0.15) is 22.0 Å². The number of anilines is 1. The molecule has 5 rings (SSSR count). The molecule has 0 radical (unpaired) electrons. The molecular weight excluding hydrogens is 716 g/mol. The largest absolute Gasteiger partial charge is 0.495 e. The monoisotopic (exact) mass is 739 g/mol. The molecule has 3 heterocycles. The van der Waals surface area contributed by atoms with E-state index in [9.17, 15) is 36.3 Å². The summed E-state index contributed by atoms with van der Waals surface area (Å²) >= 11 is 18.8. The zero-order valence-corrected chi connectivity index (χ0v) is 27.4. The minimum atomic E-state index is -4.59. The van der Waals surface area contributed by atoms with Crippen molar-refractivity contribution >= 4 is 64.2 Å². The molecule has 0 aliphatic carbocycles. The van der Waals surface area contributed by atoms with Crippen molar-refractivity contribution in [1.82, 2.24) is 14.8 Å². The minimum Gasteiger partial charge on any atom is -0.495 e. The molecule has 1 saturated heterocycles. The number of nitrogens with zero attached hydrogens (tertiary/aromatic N) is 3. The summed E-state index contributed by atoms with van der Waals surface area (Å²) in [5, 5.41) is -3.76. The average Bonchev–Trinajstić information content (AvgIpc) is 3.41. The summed E-state index contributed by atoms with van der Waals surface area (Å²) in [5.41, 5.74) is 4.95. The van der Waals surface area contributed by atoms with Gasteiger partial charge in [-0.15, -0.1) is 0 Å². The quantitative estimate of drug-likeness (QED) is 0.191. The number of amides is 3. The number of carbonyl (C=O) groups is 2. The predicted octanol–water partition coefficient (Wildman–Crippen LogP) is 6.94. The molecule has 3 N–H and O–H groups in total. The summed E-state index contributed by atoms with van der Waals surface area (Å²) in [6.45, 7) is -1.44. The number of nitrogens with two attached hydrogens (primary N) is 1. The number of H-pyrrole nitrogens is 1. The summed E-state index contributed by atoms with van der Waals surface area (Å²) in [5.74, 6) is -0.644. The number of urea groups is 1. The normalized spacial score (nSPS) is 15.4. The van der Waals surface area contributed by atoms with Gasteiger partial charge in [-0.05, 0) is 59.0 Å². The van der Waals surface area contributed by atoms with Crippen molar-refractivity contribution in [1.29, 1.82) is 0 Å². The summed E-state index contributed by atoms with van der Waals surface area (Å²) in [6.07, 6.45) is -4.31. The van der Waals surface area contributed by atoms with E-state index in [1.54, 1.807) is 18.2 Å². The number of aromatic nitrogens is 1. The number of fused-ring (bicyclic) bond motifs is 1. The van der Waals surface area contributed by atoms with E-state index in [0.717, 1.165) is 6.07 Å². The standard InChI is InChI=1S/C29H25Cl3F5N5O4S/c1-46-19-8-16-12-41(11-15(16)7-18(19)42-6-2-5-40(27(42)45)13-28(33,34)35)26(44)22-20(9-21(29(32,36)37)39-25(22)43)47-24-17(30)4-3-14(10-38)23(24)31/h3-4,7-9H,2,5-6,10-13,38H2,1H3,(H,39,43). The summed E-state index contributed by atoms with van der Waals surface area (Å²) in [4.78, 5) is 45.3. The number of rotatable bonds is 8. The first-order valence-electron chi connectivity index (χ1n) is 13.8. The number of aromatic amines is 1. The number of halogens is 8. The van der Waals surface area contributed by atoms with E-state index in [4.69, 9.17) is 45.3 Å². The van der Waals surface area contributed by atoms with Gasteiger partial charge in [0.15, 0.2) is 0 Å². The lowest BCUT2D eigenvalue weighted by Gasteiger charge is -2.36. The van der Waals surface area contributed by atoms with Crippen LogP contribution in [-0.4, -0.2) is 59.6 Å². The van der Waals surface area contributed by atoms with Crippen LogP contribution in [-0.2, 0) is 25.0 Å². The number of carbonyl (C=O) groups excluding carboxylic acids is 2. The van der Waals surface area contributed by atoms with Crippen LogP contribution in [0.2, 0.25) is 10.0 Å². The van der Waals surface area contributed by atoms with Gasteiger partial charge < -0.3 is 25.3 Å². The number of hydrogen-bond acceptors (Lipinski definition) is 6. The summed E-state index contributed by atoms with van der Waals surface area (Å²) < 4.78 is 73.1. The Morgan fingerprint density at radius 2 is 1.74 bits per heavy atom. The molecule has 0 saturated carbocycles. The molecule has 47 heavy (non-hydrogen) atoms. The number of pyridine rings is 1. The molecule has 18 heteroatoms. The maximum absolute atomic E-state index is 14.2. The van der Waals surface area contributed by atoms with Crippen molar-refractivity contribution in [2.75, 3.05) is 31.6 Å². The molecule has 0 bridgehead atoms. The first kappa shape index (κ1) is 35.1. The van der Waals surface area contributed by atoms with Crippen molar-refractivity contribution in [3.8, 4) is 5.75 Å². The van der Waals surface area contributed by atoms with E-state index in [1.165, 1.54) is 23.0 Å². The molecule has 252 valence electrons. The first-order chi connectivity index (χ1) is 22.0. The van der Waals surface area contributed by atoms with Gasteiger partial charge in [0, 0.05) is 42.5 Å². The Morgan fingerprint density at radius 1 is 1.06 bits per heavy atom. The van der Waals surface area contributed by atoms with Crippen LogP contribution in [0.4, 0.5) is 32.4 Å². The fraction of sp³-hybridized carbons (Fsp3) is 0.345. The average molecular weight is 741 g/mol. The van der Waals surface area contributed by atoms with Crippen LogP contribution in [0.3, 0.4) is 0 Å². The van der Waals surface area contributed by atoms with Crippen molar-refractivity contribution in [3.05, 3.63) is 78.7 Å². The first-order valence-corrected chi connectivity index (χ1v) is 15.8. The lowest BCUT2D eigenvalue weighted by atomic mass is 10.1. The molecule has 2 aromatic carbocycles. The highest BCUT2D eigenvalue weighted by Gasteiger charge is 2.39. The van der Waals surface area contributed by atoms with Crippen LogP contribution >= 0.6 is 46.6 Å². The van der Waals surface area contributed by atoms with Crippen LogP contribution in [0.1, 0.15) is 39.2 Å². The molecule has 0 unspecified atom stereocenters. The molecule has 2 aliphatic heterocycles. The molecule has 1 fully saturated rings. The van der Waals surface area contributed by atoms with Gasteiger partial charge in [-0.3, -0.25) is 14.5 Å². The van der Waals surface area contributed by atoms with Gasteiger partial charge in [0.05, 0.1) is 22.8 Å². The lowest BCUT2D eigenvalue weighted by Crippen LogP contribution is -2.52. The van der Waals surface area contributed by atoms with E-state index in [-0.39, 0.29) is 70.4 Å². The second kappa shape index (κ2) is 13.3. The third-order valence-corrected chi connectivity index (χ3v) is 9.90. The second-order valence-corrected chi connectivity index (χ2v) is 13.0. The minimum absolute atomic E-state index is 0.0244. The number of nitrogens with one attached hydrogen (secondary N) is 1. The maximum Gasteiger partial charge on any atom is 0.406 e. The van der Waals surface area contributed by atoms with Crippen molar-refractivity contribution in [3.63, 3.8) is 0 Å². The fourth-order valence-electron chi connectivity index (χ4n) is 5.37. The van der Waals surface area contributed by atoms with Gasteiger partial charge in [-0.25, -0.2) is 4.79 Å². The van der Waals surface area contributed by atoms with Gasteiger partial charge in [-0.1, -0.05) is 41.0 Å². The number of benzene rings is 2. The predicted molar refractivity (Wildman–Crippen MR) is 167 cm³/mol. The molecule has 2 aliphatic rings. The van der Waals surface area contributed by atoms with Gasteiger partial charge in [0.2, 0.25) is 0 Å². The van der Waals surface area contributed by atoms with Crippen LogP contribution < -0.4 is 20.9 Å². The Morgan fingerprint density at radius 3 is 2.36 bits per heavy atom. The smallest absolute Gasteiger partial charge is 0.406 e. The van der Waals surface area contributed by atoms with Crippen LogP contribution in [0, 0.1) is 0 Å². The molecule has 0 atom stereocenters. The van der Waals surface area contributed by atoms with E-state index in [0.29, 0.717) is 33.4 Å². The Kier molecular flexibility index (Phi) is 9.96. The molecular formula is C29H25Cl3F5N5O4S. The molecule has 1 aromatic heterocycles. The highest BCUT2D eigenvalue weighted by molar-refractivity contribution is 7.99. The Labute approximate surface area is 283 Å². The van der Waals surface area contributed by atoms with E-state index >= 15 is 0 Å². The van der Waals surface area contributed by atoms with Gasteiger partial charge >= 0.3 is 17.6 Å². The number of methoxy groups -OCH3 is 1. The van der Waals surface area contributed by atoms with Crippen molar-refractivity contribution < 1.29 is 36.3 Å². The molecule has 3 aromatic rings. The maximum atomic E-state index is 14.2. The SMILES string of the molecule is COc1cc2c(cc1N1CCCN(CC(F)(F)F)C1=O)CN(C(=O)c1c(Sc3c(Cl)ccc(CN)c3Cl)cc(C(F)(F)Cl)[nH]c1=O)C2.